The number of likely N-dealkylation sites (tertiary alicyclic amines) is 1. The summed E-state index contributed by atoms with van der Waals surface area (Å²) >= 11 is 0. The van der Waals surface area contributed by atoms with Gasteiger partial charge in [-0.15, -0.1) is 0 Å². The van der Waals surface area contributed by atoms with E-state index in [1.165, 1.54) is 24.3 Å². The van der Waals surface area contributed by atoms with Gasteiger partial charge in [0.25, 0.3) is 0 Å². The fourth-order valence-corrected chi connectivity index (χ4v) is 6.76. The zero-order valence-corrected chi connectivity index (χ0v) is 30.3. The highest BCUT2D eigenvalue weighted by atomic mass is 19.1. The molecule has 2 amide bonds. The molecule has 1 unspecified atom stereocenters. The second-order valence-corrected chi connectivity index (χ2v) is 14.1. The second kappa shape index (κ2) is 15.1. The Labute approximate surface area is 307 Å². The third-order valence-electron chi connectivity index (χ3n) is 10.1. The van der Waals surface area contributed by atoms with E-state index in [1.54, 1.807) is 19.1 Å². The smallest absolute Gasteiger partial charge is 0.359 e. The third kappa shape index (κ3) is 7.88. The number of quaternary nitrogens is 1. The first-order valence-electron chi connectivity index (χ1n) is 17.7. The van der Waals surface area contributed by atoms with Crippen LogP contribution < -0.4 is 26.2 Å². The number of amides is 2. The molecule has 0 saturated carbocycles. The van der Waals surface area contributed by atoms with Crippen LogP contribution in [0, 0.1) is 18.7 Å². The first-order valence-corrected chi connectivity index (χ1v) is 17.7. The van der Waals surface area contributed by atoms with Crippen molar-refractivity contribution in [1.29, 1.82) is 0 Å². The Morgan fingerprint density at radius 1 is 0.981 bits per heavy atom. The Morgan fingerprint density at radius 3 is 2.49 bits per heavy atom. The number of nitrogens with one attached hydrogen (secondary N) is 4. The first-order chi connectivity index (χ1) is 25.3. The molecule has 0 bridgehead atoms. The molecule has 12 heteroatoms. The summed E-state index contributed by atoms with van der Waals surface area (Å²) in [5.41, 5.74) is 4.00. The number of piperidine rings is 1. The molecular formula is C41H45FN5O6+. The van der Waals surface area contributed by atoms with Crippen LogP contribution in [0.2, 0.25) is 0 Å². The number of carbonyl (C=O) groups excluding carboxylic acids is 2. The molecule has 11 nitrogen and oxygen atoms in total. The lowest BCUT2D eigenvalue weighted by molar-refractivity contribution is -0.996. The van der Waals surface area contributed by atoms with Gasteiger partial charge in [0, 0.05) is 53.3 Å². The number of hydrogen-bond donors (Lipinski definition) is 6. The van der Waals surface area contributed by atoms with Gasteiger partial charge in [-0.1, -0.05) is 42.5 Å². The topological polar surface area (TPSA) is 153 Å². The summed E-state index contributed by atoms with van der Waals surface area (Å²) in [6, 6.07) is 24.4. The molecule has 1 aromatic heterocycles. The van der Waals surface area contributed by atoms with E-state index in [0.29, 0.717) is 53.9 Å². The maximum Gasteiger partial charge on any atom is 0.359 e. The Bertz CT molecular complexity index is 2220. The van der Waals surface area contributed by atoms with Crippen LogP contribution in [0.1, 0.15) is 37.3 Å². The SMILES string of the molecule is CCNc1ccc(NC(=O)CCc2ccc(-c3ccccc3)c(NC(=O)C3CC[N+](C)(C)[C@](O)(Oc4ccc(O)c5[nH]c(=O)ccc45)C3)c2)c(C)c1F. The zero-order chi connectivity index (χ0) is 37.9. The van der Waals surface area contributed by atoms with E-state index in [-0.39, 0.29) is 46.2 Å². The number of anilines is 3. The highest BCUT2D eigenvalue weighted by molar-refractivity contribution is 5.97. The van der Waals surface area contributed by atoms with Gasteiger partial charge in [0.05, 0.1) is 44.2 Å². The molecule has 276 valence electrons. The molecule has 1 fully saturated rings. The Morgan fingerprint density at radius 2 is 1.74 bits per heavy atom. The van der Waals surface area contributed by atoms with E-state index >= 15 is 0 Å². The molecule has 1 saturated heterocycles. The number of phenols is 1. The van der Waals surface area contributed by atoms with Crippen molar-refractivity contribution >= 4 is 39.8 Å². The molecular weight excluding hydrogens is 677 g/mol. The predicted octanol–water partition coefficient (Wildman–Crippen LogP) is 6.50. The lowest BCUT2D eigenvalue weighted by atomic mass is 9.90. The van der Waals surface area contributed by atoms with Crippen molar-refractivity contribution < 1.29 is 33.4 Å². The van der Waals surface area contributed by atoms with Crippen molar-refractivity contribution in [1.82, 2.24) is 4.98 Å². The summed E-state index contributed by atoms with van der Waals surface area (Å²) in [7, 11) is 3.64. The number of phenolic OH excluding ortho intramolecular Hbond substituents is 1. The number of aryl methyl sites for hydroxylation is 1. The summed E-state index contributed by atoms with van der Waals surface area (Å²) in [4.78, 5) is 41.6. The van der Waals surface area contributed by atoms with Crippen molar-refractivity contribution in [3.63, 3.8) is 0 Å². The number of halogens is 1. The van der Waals surface area contributed by atoms with Crippen LogP contribution in [0.4, 0.5) is 21.5 Å². The van der Waals surface area contributed by atoms with E-state index in [4.69, 9.17) is 4.74 Å². The number of fused-ring (bicyclic) bond motifs is 1. The van der Waals surface area contributed by atoms with E-state index in [2.05, 4.69) is 20.9 Å². The number of aromatic nitrogens is 1. The number of nitrogens with zero attached hydrogens (tertiary/aromatic N) is 1. The van der Waals surface area contributed by atoms with Crippen molar-refractivity contribution in [3.05, 3.63) is 112 Å². The van der Waals surface area contributed by atoms with Gasteiger partial charge < -0.3 is 35.9 Å². The monoisotopic (exact) mass is 722 g/mol. The van der Waals surface area contributed by atoms with Crippen molar-refractivity contribution in [2.24, 2.45) is 5.92 Å². The van der Waals surface area contributed by atoms with Gasteiger partial charge in [-0.2, -0.15) is 0 Å². The highest BCUT2D eigenvalue weighted by Gasteiger charge is 2.54. The maximum absolute atomic E-state index is 14.8. The molecule has 1 aliphatic rings. The van der Waals surface area contributed by atoms with E-state index in [0.717, 1.165) is 16.7 Å². The molecule has 6 N–H and O–H groups in total. The Balaban J connectivity index is 1.21. The van der Waals surface area contributed by atoms with Gasteiger partial charge in [0.1, 0.15) is 11.5 Å². The molecule has 0 radical (unpaired) electrons. The number of aromatic hydroxyl groups is 1. The number of rotatable bonds is 11. The van der Waals surface area contributed by atoms with Crippen LogP contribution in [0.15, 0.2) is 89.7 Å². The zero-order valence-electron chi connectivity index (χ0n) is 30.3. The van der Waals surface area contributed by atoms with Gasteiger partial charge >= 0.3 is 5.91 Å². The van der Waals surface area contributed by atoms with E-state index in [1.807, 2.05) is 69.6 Å². The molecule has 5 aromatic rings. The van der Waals surface area contributed by atoms with Gasteiger partial charge in [0.2, 0.25) is 17.4 Å². The van der Waals surface area contributed by atoms with Crippen LogP contribution in [0.5, 0.6) is 11.5 Å². The average Bonchev–Trinajstić information content (AvgIpc) is 3.13. The lowest BCUT2D eigenvalue weighted by Crippen LogP contribution is -2.67. The summed E-state index contributed by atoms with van der Waals surface area (Å²) < 4.78 is 21.1. The second-order valence-electron chi connectivity index (χ2n) is 14.1. The van der Waals surface area contributed by atoms with E-state index in [9.17, 15) is 29.0 Å². The van der Waals surface area contributed by atoms with Crippen molar-refractivity contribution in [2.75, 3.05) is 43.1 Å². The van der Waals surface area contributed by atoms with E-state index < -0.39 is 23.2 Å². The molecule has 0 aliphatic carbocycles. The minimum atomic E-state index is -1.83. The number of hydrogen-bond acceptors (Lipinski definition) is 7. The van der Waals surface area contributed by atoms with Gasteiger partial charge in [-0.3, -0.25) is 18.9 Å². The summed E-state index contributed by atoms with van der Waals surface area (Å²) in [5, 5.41) is 31.7. The van der Waals surface area contributed by atoms with Crippen LogP contribution in [0.3, 0.4) is 0 Å². The lowest BCUT2D eigenvalue weighted by Gasteiger charge is -2.48. The number of H-pyrrole nitrogens is 1. The normalized spacial score (nSPS) is 18.0. The predicted molar refractivity (Wildman–Crippen MR) is 204 cm³/mol. The van der Waals surface area contributed by atoms with Crippen LogP contribution in [-0.4, -0.2) is 64.6 Å². The van der Waals surface area contributed by atoms with Gasteiger partial charge in [-0.25, -0.2) is 4.39 Å². The molecule has 1 aliphatic heterocycles. The maximum atomic E-state index is 14.8. The standard InChI is InChI=1S/C41H44FN5O6/c1-5-43-32-16-15-31(25(2)38(32)42)44-36(49)19-12-26-11-13-29(27-9-7-6-8-10-27)33(23-26)45-40(51)28-21-22-47(3,4)41(52,24-28)53-35-18-17-34(48)39-30(35)14-20-37(50)46-39/h6-11,13-18,20,23,28,43,52H,5,12,19,21-22,24H2,1-4H3,(H3-,44,45,46,48,49,50,51)/p+1/t28?,41-/m1/s1. The first kappa shape index (κ1) is 37.1. The Kier molecular flexibility index (Phi) is 10.6. The largest absolute Gasteiger partial charge is 0.506 e. The van der Waals surface area contributed by atoms with Crippen LogP contribution in [-0.2, 0) is 16.0 Å². The van der Waals surface area contributed by atoms with Crippen LogP contribution >= 0.6 is 0 Å². The van der Waals surface area contributed by atoms with Crippen LogP contribution in [0.25, 0.3) is 22.0 Å². The highest BCUT2D eigenvalue weighted by Crippen LogP contribution is 2.40. The van der Waals surface area contributed by atoms with Crippen molar-refractivity contribution in [2.45, 2.75) is 45.4 Å². The fourth-order valence-electron chi connectivity index (χ4n) is 6.76. The number of pyridine rings is 1. The number of ether oxygens (including phenoxy) is 1. The minimum absolute atomic E-state index is 0.0341. The molecule has 6 rings (SSSR count). The van der Waals surface area contributed by atoms with Gasteiger partial charge in [0.15, 0.2) is 5.82 Å². The minimum Gasteiger partial charge on any atom is -0.506 e. The third-order valence-corrected chi connectivity index (χ3v) is 10.1. The molecule has 2 atom stereocenters. The Hall–Kier alpha value is -5.72. The van der Waals surface area contributed by atoms with Gasteiger partial charge in [-0.05, 0) is 67.8 Å². The fraction of sp³-hybridized carbons (Fsp3) is 0.293. The number of carbonyl (C=O) groups is 2. The number of aliphatic hydroxyl groups is 1. The quantitative estimate of drug-likeness (QED) is 0.0673. The summed E-state index contributed by atoms with van der Waals surface area (Å²) in [5.74, 6) is -3.31. The average molecular weight is 723 g/mol. The number of benzene rings is 4. The molecule has 2 heterocycles. The molecule has 0 spiro atoms. The molecule has 4 aromatic carbocycles. The number of aromatic amines is 1. The summed E-state index contributed by atoms with van der Waals surface area (Å²) in [6.07, 6.45) is 0.945. The molecule has 53 heavy (non-hydrogen) atoms. The van der Waals surface area contributed by atoms with Crippen molar-refractivity contribution in [3.8, 4) is 22.6 Å². The summed E-state index contributed by atoms with van der Waals surface area (Å²) in [6.45, 7) is 4.50.